The molecule has 2 fully saturated rings. The van der Waals surface area contributed by atoms with Crippen LogP contribution in [-0.2, 0) is 37.0 Å². The molecule has 6 heterocycles. The minimum Gasteiger partial charge on any atom is -0.467 e. The van der Waals surface area contributed by atoms with E-state index in [2.05, 4.69) is 20.0 Å². The SMILES string of the molecule is COc1nc2c(c(N3CCCn4nc(C(=O)N(C)C)c(Cl)c4C3)n1)COC(c1c(F)c(N)c(F)c(Cl)c1C(F)(F)F)C2.FC1CC2CCCN2C1. The van der Waals surface area contributed by atoms with Crippen LogP contribution in [0.2, 0.25) is 10.0 Å². The molecule has 4 aliphatic rings. The van der Waals surface area contributed by atoms with Crippen molar-refractivity contribution in [3.8, 4) is 6.01 Å². The van der Waals surface area contributed by atoms with Crippen molar-refractivity contribution in [1.29, 1.82) is 0 Å². The van der Waals surface area contributed by atoms with Gasteiger partial charge in [-0.15, -0.1) is 0 Å². The second-order valence-electron chi connectivity index (χ2n) is 13.0. The van der Waals surface area contributed by atoms with Crippen LogP contribution in [0, 0.1) is 11.6 Å². The van der Waals surface area contributed by atoms with E-state index in [1.54, 1.807) is 18.8 Å². The number of carbonyl (C=O) groups excluding carboxylic acids is 1. The Hall–Kier alpha value is -3.54. The number of halogens is 8. The van der Waals surface area contributed by atoms with Crippen molar-refractivity contribution in [2.24, 2.45) is 0 Å². The number of nitrogen functional groups attached to an aromatic ring is 1. The first-order valence-electron chi connectivity index (χ1n) is 16.3. The summed E-state index contributed by atoms with van der Waals surface area (Å²) in [7, 11) is 4.48. The molecule has 19 heteroatoms. The number of hydrogen-bond donors (Lipinski definition) is 1. The molecule has 278 valence electrons. The Balaban J connectivity index is 0.000000428. The van der Waals surface area contributed by atoms with Crippen LogP contribution in [0.3, 0.4) is 0 Å². The fourth-order valence-corrected chi connectivity index (χ4v) is 7.67. The number of nitrogens with two attached hydrogens (primary N) is 1. The van der Waals surface area contributed by atoms with E-state index in [-0.39, 0.29) is 47.9 Å². The molecule has 1 aromatic carbocycles. The number of methoxy groups -OCH3 is 1. The lowest BCUT2D eigenvalue weighted by atomic mass is 9.93. The van der Waals surface area contributed by atoms with Gasteiger partial charge in [0.2, 0.25) is 0 Å². The monoisotopic (exact) mass is 764 g/mol. The first kappa shape index (κ1) is 37.2. The molecule has 0 aliphatic carbocycles. The van der Waals surface area contributed by atoms with Crippen LogP contribution in [0.1, 0.15) is 70.4 Å². The molecule has 0 radical (unpaired) electrons. The Labute approximate surface area is 299 Å². The number of hydrogen-bond acceptors (Lipinski definition) is 9. The quantitative estimate of drug-likeness (QED) is 0.195. The molecule has 11 nitrogen and oxygen atoms in total. The lowest BCUT2D eigenvalue weighted by molar-refractivity contribution is -0.140. The lowest BCUT2D eigenvalue weighted by Crippen LogP contribution is -2.29. The van der Waals surface area contributed by atoms with Crippen LogP contribution in [-0.4, -0.2) is 88.5 Å². The zero-order valence-corrected chi connectivity index (χ0v) is 29.5. The van der Waals surface area contributed by atoms with E-state index in [1.807, 2.05) is 4.90 Å². The van der Waals surface area contributed by atoms with Crippen molar-refractivity contribution in [2.45, 2.75) is 76.3 Å². The van der Waals surface area contributed by atoms with E-state index in [1.165, 1.54) is 24.9 Å². The maximum absolute atomic E-state index is 15.1. The summed E-state index contributed by atoms with van der Waals surface area (Å²) in [6, 6.07) is 0.518. The molecule has 4 aliphatic heterocycles. The summed E-state index contributed by atoms with van der Waals surface area (Å²) in [5.74, 6) is -3.33. The average molecular weight is 766 g/mol. The third-order valence-electron chi connectivity index (χ3n) is 9.54. The molecule has 3 atom stereocenters. The molecule has 2 aromatic heterocycles. The Morgan fingerprint density at radius 2 is 1.82 bits per heavy atom. The largest absolute Gasteiger partial charge is 0.467 e. The smallest absolute Gasteiger partial charge is 0.418 e. The van der Waals surface area contributed by atoms with Crippen LogP contribution < -0.4 is 15.4 Å². The first-order chi connectivity index (χ1) is 24.1. The highest BCUT2D eigenvalue weighted by atomic mass is 35.5. The third-order valence-corrected chi connectivity index (χ3v) is 10.3. The van der Waals surface area contributed by atoms with Crippen molar-refractivity contribution in [3.05, 3.63) is 55.5 Å². The standard InChI is InChI=1S/C25H24Cl2F5N7O3.C7H12FN/c1-37(2)23(40)21-16(26)12-8-38(5-4-6-39(12)36-21)22-10-9-42-13(7-11(10)34-24(35-22)41-3)14-15(25(30,31)32)17(27)19(29)20(33)18(14)28;8-6-4-7-2-1-3-9(7)5-6/h13H,4-9,33H2,1-3H3;6-7H,1-5H2. The molecule has 51 heavy (non-hydrogen) atoms. The second kappa shape index (κ2) is 14.5. The average Bonchev–Trinajstić information content (AvgIpc) is 3.71. The number of nitrogens with zero attached hydrogens (tertiary/aromatic N) is 7. The first-order valence-corrected chi connectivity index (χ1v) is 17.0. The molecule has 2 N–H and O–H groups in total. The van der Waals surface area contributed by atoms with Gasteiger partial charge in [0.05, 0.1) is 53.4 Å². The fraction of sp³-hybridized carbons (Fsp3) is 0.562. The Morgan fingerprint density at radius 3 is 2.49 bits per heavy atom. The van der Waals surface area contributed by atoms with Gasteiger partial charge >= 0.3 is 12.2 Å². The number of aryl methyl sites for hydroxylation is 1. The van der Waals surface area contributed by atoms with Gasteiger partial charge in [0, 0.05) is 57.3 Å². The molecule has 0 spiro atoms. The zero-order valence-electron chi connectivity index (χ0n) is 28.0. The van der Waals surface area contributed by atoms with Gasteiger partial charge in [-0.05, 0) is 32.2 Å². The highest BCUT2D eigenvalue weighted by molar-refractivity contribution is 6.34. The predicted molar refractivity (Wildman–Crippen MR) is 176 cm³/mol. The van der Waals surface area contributed by atoms with Gasteiger partial charge in [0.25, 0.3) is 5.91 Å². The van der Waals surface area contributed by atoms with Crippen molar-refractivity contribution in [2.75, 3.05) is 51.5 Å². The van der Waals surface area contributed by atoms with E-state index < -0.39 is 51.9 Å². The minimum atomic E-state index is -5.21. The minimum absolute atomic E-state index is 0.0927. The Bertz CT molecular complexity index is 1810. The molecule has 2 saturated heterocycles. The zero-order chi connectivity index (χ0) is 36.9. The highest BCUT2D eigenvalue weighted by Crippen LogP contribution is 2.47. The molecular weight excluding hydrogens is 729 g/mol. The fourth-order valence-electron chi connectivity index (χ4n) is 7.08. The van der Waals surface area contributed by atoms with Gasteiger partial charge in [-0.3, -0.25) is 14.4 Å². The van der Waals surface area contributed by atoms with Crippen LogP contribution in [0.15, 0.2) is 0 Å². The number of rotatable bonds is 4. The lowest BCUT2D eigenvalue weighted by Gasteiger charge is -2.31. The Kier molecular flexibility index (Phi) is 10.6. The van der Waals surface area contributed by atoms with E-state index in [0.29, 0.717) is 49.2 Å². The number of carbonyl (C=O) groups is 1. The summed E-state index contributed by atoms with van der Waals surface area (Å²) in [5.41, 5.74) is 2.87. The Morgan fingerprint density at radius 1 is 1.08 bits per heavy atom. The van der Waals surface area contributed by atoms with Gasteiger partial charge in [-0.25, -0.2) is 13.2 Å². The van der Waals surface area contributed by atoms with Crippen molar-refractivity contribution >= 4 is 40.6 Å². The van der Waals surface area contributed by atoms with E-state index in [9.17, 15) is 26.7 Å². The van der Waals surface area contributed by atoms with Crippen molar-refractivity contribution in [3.63, 3.8) is 0 Å². The summed E-state index contributed by atoms with van der Waals surface area (Å²) in [4.78, 5) is 26.8. The topological polar surface area (TPSA) is 115 Å². The molecular formula is C32H36Cl2F6N8O3. The normalized spacial score (nSPS) is 21.7. The summed E-state index contributed by atoms with van der Waals surface area (Å²) in [5, 5.41) is 3.23. The summed E-state index contributed by atoms with van der Waals surface area (Å²) >= 11 is 12.3. The number of fused-ring (bicyclic) bond motifs is 3. The number of ether oxygens (including phenoxy) is 2. The number of alkyl halides is 4. The summed E-state index contributed by atoms with van der Waals surface area (Å²) in [6.07, 6.45) is -3.72. The number of benzene rings is 1. The van der Waals surface area contributed by atoms with Gasteiger partial charge in [0.15, 0.2) is 17.3 Å². The number of aromatic nitrogens is 4. The van der Waals surface area contributed by atoms with E-state index in [4.69, 9.17) is 38.4 Å². The molecule has 1 amide bonds. The van der Waals surface area contributed by atoms with Crippen LogP contribution in [0.4, 0.5) is 37.8 Å². The highest BCUT2D eigenvalue weighted by Gasteiger charge is 2.44. The maximum atomic E-state index is 15.1. The number of anilines is 2. The van der Waals surface area contributed by atoms with Gasteiger partial charge in [0.1, 0.15) is 17.7 Å². The van der Waals surface area contributed by atoms with Gasteiger partial charge < -0.3 is 25.0 Å². The maximum Gasteiger partial charge on any atom is 0.418 e. The van der Waals surface area contributed by atoms with Crippen molar-refractivity contribution < 1.29 is 40.6 Å². The second-order valence-corrected chi connectivity index (χ2v) is 13.8. The van der Waals surface area contributed by atoms with Crippen LogP contribution in [0.5, 0.6) is 6.01 Å². The number of amides is 1. The van der Waals surface area contributed by atoms with Crippen LogP contribution in [0.25, 0.3) is 0 Å². The molecule has 7 rings (SSSR count). The molecule has 3 unspecified atom stereocenters. The van der Waals surface area contributed by atoms with E-state index in [0.717, 1.165) is 13.0 Å². The molecule has 3 aromatic rings. The summed E-state index contributed by atoms with van der Waals surface area (Å²) < 4.78 is 96.5. The van der Waals surface area contributed by atoms with Gasteiger partial charge in [-0.2, -0.15) is 28.2 Å². The molecule has 0 bridgehead atoms. The van der Waals surface area contributed by atoms with E-state index >= 15 is 4.39 Å². The predicted octanol–water partition coefficient (Wildman–Crippen LogP) is 5.99. The third kappa shape index (κ3) is 7.13. The molecule has 0 saturated carbocycles. The van der Waals surface area contributed by atoms with Crippen LogP contribution >= 0.6 is 23.2 Å². The summed E-state index contributed by atoms with van der Waals surface area (Å²) in [6.45, 7) is 2.64. The van der Waals surface area contributed by atoms with Gasteiger partial charge in [-0.1, -0.05) is 23.2 Å². The van der Waals surface area contributed by atoms with Crippen molar-refractivity contribution in [1.82, 2.24) is 29.5 Å².